The minimum absolute atomic E-state index is 0.0174. The number of esters is 1. The molecule has 0 bridgehead atoms. The van der Waals surface area contributed by atoms with Crippen molar-refractivity contribution in [3.63, 3.8) is 0 Å². The zero-order valence-corrected chi connectivity index (χ0v) is 18.2. The predicted octanol–water partition coefficient (Wildman–Crippen LogP) is 2.68. The van der Waals surface area contributed by atoms with Crippen LogP contribution in [-0.4, -0.2) is 41.9 Å². The number of nitrogens with one attached hydrogen (secondary N) is 2. The highest BCUT2D eigenvalue weighted by molar-refractivity contribution is 5.86. The summed E-state index contributed by atoms with van der Waals surface area (Å²) in [6, 6.07) is 20.8. The molecule has 0 aromatic heterocycles. The molecule has 3 aromatic rings. The first-order chi connectivity index (χ1) is 16.5. The van der Waals surface area contributed by atoms with Gasteiger partial charge in [-0.2, -0.15) is 0 Å². The van der Waals surface area contributed by atoms with E-state index in [1.165, 1.54) is 6.07 Å². The first kappa shape index (κ1) is 22.2. The molecule has 6 nitrogen and oxygen atoms in total. The molecule has 2 fully saturated rings. The van der Waals surface area contributed by atoms with Crippen molar-refractivity contribution in [3.8, 4) is 0 Å². The fraction of sp³-hybridized carbons (Fsp3) is 0.231. The quantitative estimate of drug-likeness (QED) is 0.570. The van der Waals surface area contributed by atoms with E-state index in [1.807, 2.05) is 65.6 Å². The molecule has 2 unspecified atom stereocenters. The Labute approximate surface area is 195 Å². The molecular formula is C26H23F2N3O3. The van der Waals surface area contributed by atoms with E-state index < -0.39 is 35.4 Å². The third-order valence-corrected chi connectivity index (χ3v) is 6.31. The molecule has 0 radical (unpaired) electrons. The van der Waals surface area contributed by atoms with Gasteiger partial charge >= 0.3 is 5.97 Å². The van der Waals surface area contributed by atoms with Crippen LogP contribution in [0.2, 0.25) is 0 Å². The summed E-state index contributed by atoms with van der Waals surface area (Å²) in [5, 5.41) is 5.97. The van der Waals surface area contributed by atoms with Crippen LogP contribution in [0, 0.1) is 11.6 Å². The summed E-state index contributed by atoms with van der Waals surface area (Å²) in [4.78, 5) is 28.3. The Hall–Kier alpha value is -3.62. The number of halogens is 2. The Morgan fingerprint density at radius 3 is 2.24 bits per heavy atom. The molecule has 2 aliphatic heterocycles. The highest BCUT2D eigenvalue weighted by Gasteiger charge is 2.60. The number of amides is 1. The van der Waals surface area contributed by atoms with Crippen LogP contribution in [0.25, 0.3) is 0 Å². The summed E-state index contributed by atoms with van der Waals surface area (Å²) in [5.74, 6) is -2.69. The van der Waals surface area contributed by atoms with Crippen molar-refractivity contribution in [1.29, 1.82) is 0 Å². The summed E-state index contributed by atoms with van der Waals surface area (Å²) < 4.78 is 33.0. The van der Waals surface area contributed by atoms with E-state index in [4.69, 9.17) is 4.74 Å². The Balaban J connectivity index is 1.52. The molecule has 1 amide bonds. The standard InChI is InChI=1S/C26H23F2N3O3/c27-20-12-11-17(13-21(20)28)14-30-24(32)22-15-29-16-23-25(33)34-26(31(22)23,18-7-3-1-4-8-18)19-9-5-2-6-10-19/h1-13,22-23,29H,14-16H2,(H,30,32). The SMILES string of the molecule is O=C(NCc1ccc(F)c(F)c1)C1CNCC2C(=O)OC(c3ccccc3)(c3ccccc3)N12. The third kappa shape index (κ3) is 3.74. The Morgan fingerprint density at radius 1 is 0.971 bits per heavy atom. The Morgan fingerprint density at radius 2 is 1.62 bits per heavy atom. The summed E-state index contributed by atoms with van der Waals surface area (Å²) in [6.45, 7) is 0.648. The second-order valence-corrected chi connectivity index (χ2v) is 8.36. The van der Waals surface area contributed by atoms with Gasteiger partial charge in [-0.25, -0.2) is 13.7 Å². The molecule has 8 heteroatoms. The first-order valence-electron chi connectivity index (χ1n) is 11.1. The molecule has 2 aliphatic rings. The average Bonchev–Trinajstić information content (AvgIpc) is 3.19. The van der Waals surface area contributed by atoms with Gasteiger partial charge in [0.05, 0.1) is 0 Å². The first-order valence-corrected chi connectivity index (χ1v) is 11.1. The molecule has 0 aliphatic carbocycles. The average molecular weight is 463 g/mol. The van der Waals surface area contributed by atoms with Gasteiger partial charge in [-0.05, 0) is 17.7 Å². The maximum atomic E-state index is 13.6. The zero-order chi connectivity index (χ0) is 23.7. The van der Waals surface area contributed by atoms with E-state index in [2.05, 4.69) is 10.6 Å². The Bertz CT molecular complexity index is 1170. The number of nitrogens with zero attached hydrogens (tertiary/aromatic N) is 1. The number of hydrogen-bond donors (Lipinski definition) is 2. The van der Waals surface area contributed by atoms with Crippen LogP contribution in [0.3, 0.4) is 0 Å². The van der Waals surface area contributed by atoms with Gasteiger partial charge in [-0.3, -0.25) is 9.59 Å². The number of piperazine rings is 1. The summed E-state index contributed by atoms with van der Waals surface area (Å²) in [5.41, 5.74) is 0.615. The lowest BCUT2D eigenvalue weighted by Crippen LogP contribution is -2.65. The van der Waals surface area contributed by atoms with Gasteiger partial charge in [0.15, 0.2) is 11.6 Å². The van der Waals surface area contributed by atoms with E-state index >= 15 is 0 Å². The zero-order valence-electron chi connectivity index (χ0n) is 18.2. The highest BCUT2D eigenvalue weighted by Crippen LogP contribution is 2.45. The van der Waals surface area contributed by atoms with Crippen molar-refractivity contribution >= 4 is 11.9 Å². The van der Waals surface area contributed by atoms with Crippen molar-refractivity contribution in [1.82, 2.24) is 15.5 Å². The monoisotopic (exact) mass is 463 g/mol. The largest absolute Gasteiger partial charge is 0.434 e. The molecule has 3 aromatic carbocycles. The van der Waals surface area contributed by atoms with Crippen LogP contribution >= 0.6 is 0 Å². The van der Waals surface area contributed by atoms with Crippen molar-refractivity contribution in [2.45, 2.75) is 24.4 Å². The molecule has 2 N–H and O–H groups in total. The van der Waals surface area contributed by atoms with Crippen LogP contribution in [0.1, 0.15) is 16.7 Å². The maximum absolute atomic E-state index is 13.6. The number of hydrogen-bond acceptors (Lipinski definition) is 5. The number of carbonyl (C=O) groups is 2. The second kappa shape index (κ2) is 8.96. The van der Waals surface area contributed by atoms with Crippen LogP contribution < -0.4 is 10.6 Å². The number of rotatable bonds is 5. The third-order valence-electron chi connectivity index (χ3n) is 6.31. The number of ether oxygens (including phenoxy) is 1. The van der Waals surface area contributed by atoms with E-state index in [0.717, 1.165) is 23.3 Å². The molecule has 0 saturated carbocycles. The summed E-state index contributed by atoms with van der Waals surface area (Å²) >= 11 is 0. The minimum atomic E-state index is -1.28. The number of carbonyl (C=O) groups excluding carboxylic acids is 2. The van der Waals surface area contributed by atoms with Gasteiger partial charge < -0.3 is 15.4 Å². The summed E-state index contributed by atoms with van der Waals surface area (Å²) in [7, 11) is 0. The molecule has 174 valence electrons. The van der Waals surface area contributed by atoms with Gasteiger partial charge in [0, 0.05) is 30.8 Å². The molecule has 5 rings (SSSR count). The van der Waals surface area contributed by atoms with Crippen LogP contribution in [0.4, 0.5) is 8.78 Å². The number of benzene rings is 3. The van der Waals surface area contributed by atoms with Crippen molar-refractivity contribution in [3.05, 3.63) is 107 Å². The fourth-order valence-corrected chi connectivity index (χ4v) is 4.76. The topological polar surface area (TPSA) is 70.7 Å². The molecule has 2 atom stereocenters. The van der Waals surface area contributed by atoms with E-state index in [1.54, 1.807) is 0 Å². The highest BCUT2D eigenvalue weighted by atomic mass is 19.2. The molecule has 2 saturated heterocycles. The van der Waals surface area contributed by atoms with E-state index in [-0.39, 0.29) is 19.0 Å². The molecule has 34 heavy (non-hydrogen) atoms. The lowest BCUT2D eigenvalue weighted by atomic mass is 9.90. The van der Waals surface area contributed by atoms with Crippen LogP contribution in [-0.2, 0) is 26.6 Å². The van der Waals surface area contributed by atoms with Crippen LogP contribution in [0.5, 0.6) is 0 Å². The lowest BCUT2D eigenvalue weighted by molar-refractivity contribution is -0.153. The lowest BCUT2D eigenvalue weighted by Gasteiger charge is -2.44. The fourth-order valence-electron chi connectivity index (χ4n) is 4.76. The van der Waals surface area contributed by atoms with Gasteiger partial charge in [-0.1, -0.05) is 66.7 Å². The molecule has 2 heterocycles. The predicted molar refractivity (Wildman–Crippen MR) is 120 cm³/mol. The molecule has 0 spiro atoms. The van der Waals surface area contributed by atoms with Gasteiger partial charge in [0.1, 0.15) is 12.1 Å². The van der Waals surface area contributed by atoms with Gasteiger partial charge in [-0.15, -0.1) is 0 Å². The normalized spacial score (nSPS) is 21.5. The van der Waals surface area contributed by atoms with Crippen LogP contribution in [0.15, 0.2) is 78.9 Å². The Kier molecular flexibility index (Phi) is 5.85. The maximum Gasteiger partial charge on any atom is 0.327 e. The smallest absolute Gasteiger partial charge is 0.327 e. The second-order valence-electron chi connectivity index (χ2n) is 8.36. The van der Waals surface area contributed by atoms with Crippen molar-refractivity contribution in [2.75, 3.05) is 13.1 Å². The summed E-state index contributed by atoms with van der Waals surface area (Å²) in [6.07, 6.45) is 0. The minimum Gasteiger partial charge on any atom is -0.434 e. The molecular weight excluding hydrogens is 440 g/mol. The van der Waals surface area contributed by atoms with E-state index in [0.29, 0.717) is 12.1 Å². The number of cyclic esters (lactones) is 1. The van der Waals surface area contributed by atoms with Crippen molar-refractivity contribution < 1.29 is 23.1 Å². The van der Waals surface area contributed by atoms with E-state index in [9.17, 15) is 18.4 Å². The van der Waals surface area contributed by atoms with Gasteiger partial charge in [0.25, 0.3) is 0 Å². The van der Waals surface area contributed by atoms with Gasteiger partial charge in [0.2, 0.25) is 11.6 Å². The number of fused-ring (bicyclic) bond motifs is 1. The van der Waals surface area contributed by atoms with Crippen molar-refractivity contribution in [2.24, 2.45) is 0 Å².